The molecule has 0 N–H and O–H groups in total. The molecule has 0 heteroatoms. The second kappa shape index (κ2) is 5.23. The van der Waals surface area contributed by atoms with Gasteiger partial charge in [-0.2, -0.15) is 0 Å². The number of benzene rings is 1. The standard InChI is InChI=1S/C17H21/c1-8-10-16-14(6)12(4)13(5)15(7)17(16)11(3)9-2/h1-7H3. The molecule has 0 aliphatic carbocycles. The minimum Gasteiger partial charge on any atom is -0.101 e. The Morgan fingerprint density at radius 1 is 0.824 bits per heavy atom. The van der Waals surface area contributed by atoms with E-state index in [1.54, 1.807) is 0 Å². The highest BCUT2D eigenvalue weighted by Gasteiger charge is 2.14. The maximum Gasteiger partial charge on any atom is 0.0355 e. The van der Waals surface area contributed by atoms with Crippen molar-refractivity contribution in [3.63, 3.8) is 0 Å². The summed E-state index contributed by atoms with van der Waals surface area (Å²) in [6.45, 7) is 14.7. The first-order chi connectivity index (χ1) is 7.95. The molecule has 0 unspecified atom stereocenters. The molecule has 1 rings (SSSR count). The fourth-order valence-electron chi connectivity index (χ4n) is 2.19. The van der Waals surface area contributed by atoms with Gasteiger partial charge in [0.1, 0.15) is 0 Å². The van der Waals surface area contributed by atoms with Crippen LogP contribution in [0.4, 0.5) is 0 Å². The fraction of sp³-hybridized carbons (Fsp3) is 0.412. The maximum atomic E-state index is 3.26. The van der Waals surface area contributed by atoms with Gasteiger partial charge < -0.3 is 0 Å². The predicted molar refractivity (Wildman–Crippen MR) is 75.9 cm³/mol. The lowest BCUT2D eigenvalue weighted by molar-refractivity contribution is 1.18. The first-order valence-corrected chi connectivity index (χ1v) is 6.00. The Hall–Kier alpha value is -1.48. The van der Waals surface area contributed by atoms with Crippen LogP contribution in [0.1, 0.15) is 54.2 Å². The van der Waals surface area contributed by atoms with Gasteiger partial charge in [-0.25, -0.2) is 0 Å². The summed E-state index contributed by atoms with van der Waals surface area (Å²) in [5.74, 6) is 6.28. The van der Waals surface area contributed by atoms with Gasteiger partial charge in [0.2, 0.25) is 0 Å². The third-order valence-corrected chi connectivity index (χ3v) is 3.69. The predicted octanol–water partition coefficient (Wildman–Crippen LogP) is 4.52. The van der Waals surface area contributed by atoms with Crippen molar-refractivity contribution in [2.24, 2.45) is 0 Å². The Morgan fingerprint density at radius 2 is 1.35 bits per heavy atom. The van der Waals surface area contributed by atoms with Gasteiger partial charge >= 0.3 is 0 Å². The Labute approximate surface area is 106 Å². The van der Waals surface area contributed by atoms with Crippen LogP contribution in [0.15, 0.2) is 0 Å². The summed E-state index contributed by atoms with van der Waals surface area (Å²) in [4.78, 5) is 0. The third-order valence-electron chi connectivity index (χ3n) is 3.69. The Morgan fingerprint density at radius 3 is 1.82 bits per heavy atom. The largest absolute Gasteiger partial charge is 0.101 e. The highest BCUT2D eigenvalue weighted by atomic mass is 14.2. The quantitative estimate of drug-likeness (QED) is 0.616. The van der Waals surface area contributed by atoms with Gasteiger partial charge in [0, 0.05) is 5.56 Å². The van der Waals surface area contributed by atoms with Gasteiger partial charge in [-0.05, 0) is 87.9 Å². The molecule has 0 heterocycles. The second-order valence-electron chi connectivity index (χ2n) is 4.50. The summed E-state index contributed by atoms with van der Waals surface area (Å²) in [5, 5.41) is 0. The average Bonchev–Trinajstić information content (AvgIpc) is 2.33. The average molecular weight is 225 g/mol. The van der Waals surface area contributed by atoms with Crippen LogP contribution in [0.2, 0.25) is 0 Å². The van der Waals surface area contributed by atoms with Gasteiger partial charge in [0.05, 0.1) is 0 Å². The molecule has 0 amide bonds. The SMILES string of the molecule is C[C]=C(C)c1c(C)c(C)c(C)c(C)c1C#CC. The van der Waals surface area contributed by atoms with Crippen LogP contribution in [0.5, 0.6) is 0 Å². The molecule has 1 aromatic rings. The zero-order chi connectivity index (χ0) is 13.2. The van der Waals surface area contributed by atoms with Crippen molar-refractivity contribution in [2.45, 2.75) is 48.5 Å². The number of rotatable bonds is 1. The van der Waals surface area contributed by atoms with E-state index in [-0.39, 0.29) is 0 Å². The summed E-state index contributed by atoms with van der Waals surface area (Å²) in [6, 6.07) is 0. The lowest BCUT2D eigenvalue weighted by atomic mass is 9.86. The van der Waals surface area contributed by atoms with Crippen molar-refractivity contribution in [3.05, 3.63) is 39.5 Å². The Kier molecular flexibility index (Phi) is 4.18. The van der Waals surface area contributed by atoms with E-state index in [4.69, 9.17) is 0 Å². The maximum absolute atomic E-state index is 3.26. The molecule has 1 radical (unpaired) electrons. The van der Waals surface area contributed by atoms with Gasteiger partial charge in [-0.1, -0.05) is 5.92 Å². The molecule has 89 valence electrons. The van der Waals surface area contributed by atoms with Crippen molar-refractivity contribution in [2.75, 3.05) is 0 Å². The molecule has 0 spiro atoms. The van der Waals surface area contributed by atoms with Gasteiger partial charge in [0.25, 0.3) is 0 Å². The van der Waals surface area contributed by atoms with Gasteiger partial charge in [0.15, 0.2) is 0 Å². The van der Waals surface area contributed by atoms with Crippen LogP contribution in [0.25, 0.3) is 5.57 Å². The minimum absolute atomic E-state index is 1.17. The first-order valence-electron chi connectivity index (χ1n) is 6.00. The minimum atomic E-state index is 1.17. The van der Waals surface area contributed by atoms with Crippen LogP contribution in [-0.4, -0.2) is 0 Å². The molecule has 0 nitrogen and oxygen atoms in total. The monoisotopic (exact) mass is 225 g/mol. The molecule has 0 saturated heterocycles. The zero-order valence-corrected chi connectivity index (χ0v) is 12.0. The lowest BCUT2D eigenvalue weighted by Gasteiger charge is -2.18. The molecule has 0 aliphatic rings. The van der Waals surface area contributed by atoms with E-state index >= 15 is 0 Å². The summed E-state index contributed by atoms with van der Waals surface area (Å²) in [6.07, 6.45) is 3.24. The van der Waals surface area contributed by atoms with Crippen molar-refractivity contribution >= 4 is 5.57 Å². The normalized spacial score (nSPS) is 11.1. The zero-order valence-electron chi connectivity index (χ0n) is 12.0. The molecule has 0 bridgehead atoms. The summed E-state index contributed by atoms with van der Waals surface area (Å²) >= 11 is 0. The van der Waals surface area contributed by atoms with Crippen molar-refractivity contribution in [3.8, 4) is 11.8 Å². The lowest BCUT2D eigenvalue weighted by Crippen LogP contribution is -2.02. The number of hydrogen-bond donors (Lipinski definition) is 0. The highest BCUT2D eigenvalue weighted by Crippen LogP contribution is 2.30. The summed E-state index contributed by atoms with van der Waals surface area (Å²) in [5.41, 5.74) is 8.97. The first kappa shape index (κ1) is 13.6. The number of allylic oxidation sites excluding steroid dienone is 2. The van der Waals surface area contributed by atoms with Crippen LogP contribution < -0.4 is 0 Å². The molecule has 0 aliphatic heterocycles. The molecule has 1 aromatic carbocycles. The molecule has 0 aromatic heterocycles. The molecule has 0 saturated carbocycles. The van der Waals surface area contributed by atoms with Crippen LogP contribution in [0, 0.1) is 45.6 Å². The van der Waals surface area contributed by atoms with Crippen LogP contribution in [0.3, 0.4) is 0 Å². The third kappa shape index (κ3) is 2.29. The highest BCUT2D eigenvalue weighted by molar-refractivity contribution is 5.74. The molecular weight excluding hydrogens is 204 g/mol. The summed E-state index contributed by atoms with van der Waals surface area (Å²) < 4.78 is 0. The van der Waals surface area contributed by atoms with Crippen molar-refractivity contribution in [1.82, 2.24) is 0 Å². The van der Waals surface area contributed by atoms with E-state index in [9.17, 15) is 0 Å². The van der Waals surface area contributed by atoms with E-state index < -0.39 is 0 Å². The van der Waals surface area contributed by atoms with E-state index in [0.29, 0.717) is 0 Å². The van der Waals surface area contributed by atoms with E-state index in [1.165, 1.54) is 39.0 Å². The fourth-order valence-corrected chi connectivity index (χ4v) is 2.19. The smallest absolute Gasteiger partial charge is 0.0355 e. The van der Waals surface area contributed by atoms with Gasteiger partial charge in [-0.15, -0.1) is 5.92 Å². The Balaban J connectivity index is 3.82. The van der Waals surface area contributed by atoms with Crippen molar-refractivity contribution in [1.29, 1.82) is 0 Å². The topological polar surface area (TPSA) is 0 Å². The second-order valence-corrected chi connectivity index (χ2v) is 4.50. The number of hydrogen-bond acceptors (Lipinski definition) is 0. The van der Waals surface area contributed by atoms with Crippen molar-refractivity contribution < 1.29 is 0 Å². The van der Waals surface area contributed by atoms with Crippen LogP contribution in [-0.2, 0) is 0 Å². The van der Waals surface area contributed by atoms with E-state index in [2.05, 4.69) is 52.5 Å². The Bertz CT molecular complexity index is 532. The molecule has 17 heavy (non-hydrogen) atoms. The molecule has 0 atom stereocenters. The molecular formula is C17H21. The molecule has 0 fully saturated rings. The van der Waals surface area contributed by atoms with Gasteiger partial charge in [-0.3, -0.25) is 0 Å². The van der Waals surface area contributed by atoms with E-state index in [0.717, 1.165) is 0 Å². The van der Waals surface area contributed by atoms with Crippen LogP contribution >= 0.6 is 0 Å². The summed E-state index contributed by atoms with van der Waals surface area (Å²) in [7, 11) is 0. The van der Waals surface area contributed by atoms with E-state index in [1.807, 2.05) is 13.8 Å².